The van der Waals surface area contributed by atoms with Crippen molar-refractivity contribution in [3.8, 4) is 0 Å². The summed E-state index contributed by atoms with van der Waals surface area (Å²) in [5.41, 5.74) is -0.162. The van der Waals surface area contributed by atoms with Crippen LogP contribution in [0.3, 0.4) is 0 Å². The second-order valence-electron chi connectivity index (χ2n) is 5.01. The molecule has 0 bridgehead atoms. The van der Waals surface area contributed by atoms with Gasteiger partial charge in [0.2, 0.25) is 0 Å². The zero-order valence-electron chi connectivity index (χ0n) is 12.9. The second-order valence-corrected chi connectivity index (χ2v) is 6.10. The van der Waals surface area contributed by atoms with Gasteiger partial charge in [0.15, 0.2) is 0 Å². The number of halogens is 3. The summed E-state index contributed by atoms with van der Waals surface area (Å²) < 4.78 is 42.2. The summed E-state index contributed by atoms with van der Waals surface area (Å²) in [6, 6.07) is 7.64. The molecule has 0 saturated carbocycles. The first-order valence-corrected chi connectivity index (χ1v) is 7.63. The predicted molar refractivity (Wildman–Crippen MR) is 82.9 cm³/mol. The van der Waals surface area contributed by atoms with Gasteiger partial charge in [0, 0.05) is 13.6 Å². The van der Waals surface area contributed by atoms with Gasteiger partial charge < -0.3 is 9.64 Å². The molecule has 1 aromatic heterocycles. The molecular formula is C16H14F3NO3S. The van der Waals surface area contributed by atoms with E-state index in [1.165, 1.54) is 43.3 Å². The zero-order chi connectivity index (χ0) is 17.9. The number of carbonyl (C=O) groups is 2. The number of benzene rings is 1. The van der Waals surface area contributed by atoms with Crippen LogP contribution in [-0.2, 0) is 17.5 Å². The summed E-state index contributed by atoms with van der Waals surface area (Å²) in [5.74, 6) is -0.848. The predicted octanol–water partition coefficient (Wildman–Crippen LogP) is 3.83. The van der Waals surface area contributed by atoms with Gasteiger partial charge in [-0.2, -0.15) is 13.2 Å². The lowest BCUT2D eigenvalue weighted by molar-refractivity contribution is -0.137. The fourth-order valence-electron chi connectivity index (χ4n) is 2.00. The second kappa shape index (κ2) is 7.04. The molecule has 0 unspecified atom stereocenters. The number of hydrogen-bond donors (Lipinski definition) is 0. The lowest BCUT2D eigenvalue weighted by Gasteiger charge is -2.17. The molecule has 1 aromatic carbocycles. The summed E-state index contributed by atoms with van der Waals surface area (Å²) in [5, 5.41) is 0. The summed E-state index contributed by atoms with van der Waals surface area (Å²) in [6.07, 6.45) is -4.39. The topological polar surface area (TPSA) is 46.6 Å². The number of ether oxygens (including phenoxy) is 1. The maximum Gasteiger partial charge on any atom is 0.416 e. The summed E-state index contributed by atoms with van der Waals surface area (Å²) in [4.78, 5) is 25.7. The number of thiophene rings is 1. The highest BCUT2D eigenvalue weighted by Gasteiger charge is 2.30. The van der Waals surface area contributed by atoms with Gasteiger partial charge in [-0.1, -0.05) is 12.1 Å². The van der Waals surface area contributed by atoms with Gasteiger partial charge in [0.1, 0.15) is 4.88 Å². The average Bonchev–Trinajstić information content (AvgIpc) is 3.03. The van der Waals surface area contributed by atoms with Gasteiger partial charge in [-0.25, -0.2) is 4.79 Å². The quantitative estimate of drug-likeness (QED) is 0.782. The maximum absolute atomic E-state index is 12.5. The van der Waals surface area contributed by atoms with Crippen LogP contribution in [0.4, 0.5) is 13.2 Å². The van der Waals surface area contributed by atoms with Crippen molar-refractivity contribution in [3.63, 3.8) is 0 Å². The Bertz CT molecular complexity index is 738. The van der Waals surface area contributed by atoms with Gasteiger partial charge in [-0.15, -0.1) is 11.3 Å². The molecule has 8 heteroatoms. The van der Waals surface area contributed by atoms with Crippen molar-refractivity contribution >= 4 is 23.2 Å². The van der Waals surface area contributed by atoms with Gasteiger partial charge in [-0.3, -0.25) is 4.79 Å². The maximum atomic E-state index is 12.5. The van der Waals surface area contributed by atoms with E-state index < -0.39 is 17.7 Å². The Morgan fingerprint density at radius 3 is 2.21 bits per heavy atom. The summed E-state index contributed by atoms with van der Waals surface area (Å²) in [6.45, 7) is 0.155. The smallest absolute Gasteiger partial charge is 0.416 e. The number of methoxy groups -OCH3 is 1. The van der Waals surface area contributed by atoms with Crippen molar-refractivity contribution in [2.75, 3.05) is 14.2 Å². The van der Waals surface area contributed by atoms with E-state index in [4.69, 9.17) is 0 Å². The van der Waals surface area contributed by atoms with Gasteiger partial charge in [0.25, 0.3) is 5.91 Å². The number of rotatable bonds is 4. The van der Waals surface area contributed by atoms with Crippen molar-refractivity contribution in [2.45, 2.75) is 12.7 Å². The van der Waals surface area contributed by atoms with E-state index in [-0.39, 0.29) is 12.5 Å². The number of nitrogens with zero attached hydrogens (tertiary/aromatic N) is 1. The van der Waals surface area contributed by atoms with E-state index in [9.17, 15) is 22.8 Å². The van der Waals surface area contributed by atoms with Crippen LogP contribution in [0, 0.1) is 0 Å². The molecule has 0 fully saturated rings. The summed E-state index contributed by atoms with van der Waals surface area (Å²) >= 11 is 1.00. The highest BCUT2D eigenvalue weighted by atomic mass is 32.1. The van der Waals surface area contributed by atoms with Crippen molar-refractivity contribution in [2.24, 2.45) is 0 Å². The van der Waals surface area contributed by atoms with Gasteiger partial charge >= 0.3 is 12.1 Å². The number of esters is 1. The Kier molecular flexibility index (Phi) is 5.28. The molecule has 2 aromatic rings. The molecule has 0 aliphatic carbocycles. The molecular weight excluding hydrogens is 343 g/mol. The normalized spacial score (nSPS) is 11.2. The van der Waals surface area contributed by atoms with E-state index >= 15 is 0 Å². The number of amides is 1. The molecule has 0 radical (unpaired) electrons. The van der Waals surface area contributed by atoms with Crippen LogP contribution in [0.25, 0.3) is 0 Å². The third kappa shape index (κ3) is 4.14. The van der Waals surface area contributed by atoms with Crippen molar-refractivity contribution in [1.29, 1.82) is 0 Å². The Labute approximate surface area is 140 Å². The van der Waals surface area contributed by atoms with Crippen LogP contribution < -0.4 is 0 Å². The molecule has 0 N–H and O–H groups in total. The SMILES string of the molecule is COC(=O)c1ccc(C(=O)N(C)Cc2ccc(C(F)(F)F)cc2)s1. The molecule has 0 spiro atoms. The lowest BCUT2D eigenvalue weighted by atomic mass is 10.1. The molecule has 1 heterocycles. The Hall–Kier alpha value is -2.35. The van der Waals surface area contributed by atoms with E-state index in [2.05, 4.69) is 4.74 Å². The fourth-order valence-corrected chi connectivity index (χ4v) is 2.91. The van der Waals surface area contributed by atoms with Crippen LogP contribution in [0.1, 0.15) is 30.5 Å². The first-order chi connectivity index (χ1) is 11.2. The zero-order valence-corrected chi connectivity index (χ0v) is 13.7. The largest absolute Gasteiger partial charge is 0.465 e. The molecule has 128 valence electrons. The molecule has 1 amide bonds. The molecule has 0 saturated heterocycles. The van der Waals surface area contributed by atoms with E-state index in [1.807, 2.05) is 0 Å². The highest BCUT2D eigenvalue weighted by Crippen LogP contribution is 2.29. The van der Waals surface area contributed by atoms with Crippen molar-refractivity contribution in [3.05, 3.63) is 57.3 Å². The minimum Gasteiger partial charge on any atom is -0.465 e. The number of carbonyl (C=O) groups excluding carboxylic acids is 2. The number of hydrogen-bond acceptors (Lipinski definition) is 4. The van der Waals surface area contributed by atoms with Crippen molar-refractivity contribution in [1.82, 2.24) is 4.90 Å². The first-order valence-electron chi connectivity index (χ1n) is 6.82. The standard InChI is InChI=1S/C16H14F3NO3S/c1-20(9-10-3-5-11(6-4-10)16(17,18)19)14(21)12-7-8-13(24-12)15(22)23-2/h3-8H,9H2,1-2H3. The van der Waals surface area contributed by atoms with E-state index in [0.717, 1.165) is 23.5 Å². The van der Waals surface area contributed by atoms with E-state index in [0.29, 0.717) is 15.3 Å². The fraction of sp³-hybridized carbons (Fsp3) is 0.250. The van der Waals surface area contributed by atoms with Gasteiger partial charge in [-0.05, 0) is 29.8 Å². The molecule has 2 rings (SSSR count). The lowest BCUT2D eigenvalue weighted by Crippen LogP contribution is -2.25. The molecule has 0 aliphatic rings. The Balaban J connectivity index is 2.06. The van der Waals surface area contributed by atoms with Crippen molar-refractivity contribution < 1.29 is 27.5 Å². The minimum atomic E-state index is -4.39. The monoisotopic (exact) mass is 357 g/mol. The van der Waals surface area contributed by atoms with Crippen LogP contribution >= 0.6 is 11.3 Å². The van der Waals surface area contributed by atoms with E-state index in [1.54, 1.807) is 0 Å². The van der Waals surface area contributed by atoms with Crippen LogP contribution in [-0.4, -0.2) is 30.9 Å². The molecule has 4 nitrogen and oxygen atoms in total. The first kappa shape index (κ1) is 18.0. The van der Waals surface area contributed by atoms with Crippen LogP contribution in [0.2, 0.25) is 0 Å². The molecule has 24 heavy (non-hydrogen) atoms. The average molecular weight is 357 g/mol. The molecule has 0 atom stereocenters. The third-order valence-electron chi connectivity index (χ3n) is 3.25. The Morgan fingerprint density at radius 1 is 1.08 bits per heavy atom. The Morgan fingerprint density at radius 2 is 1.67 bits per heavy atom. The van der Waals surface area contributed by atoms with Gasteiger partial charge in [0.05, 0.1) is 17.6 Å². The number of alkyl halides is 3. The van der Waals surface area contributed by atoms with Crippen LogP contribution in [0.15, 0.2) is 36.4 Å². The highest BCUT2D eigenvalue weighted by molar-refractivity contribution is 7.15. The summed E-state index contributed by atoms with van der Waals surface area (Å²) in [7, 11) is 2.79. The minimum absolute atomic E-state index is 0.155. The van der Waals surface area contributed by atoms with Crippen LogP contribution in [0.5, 0.6) is 0 Å². The molecule has 0 aliphatic heterocycles. The third-order valence-corrected chi connectivity index (χ3v) is 4.30.